The maximum Gasteiger partial charge on any atom is 0.120 e. The van der Waals surface area contributed by atoms with Crippen molar-refractivity contribution < 1.29 is 9.52 Å². The van der Waals surface area contributed by atoms with Crippen molar-refractivity contribution in [2.75, 3.05) is 26.7 Å². The fourth-order valence-corrected chi connectivity index (χ4v) is 3.79. The number of benzene rings is 1. The van der Waals surface area contributed by atoms with Gasteiger partial charge in [0, 0.05) is 23.7 Å². The van der Waals surface area contributed by atoms with E-state index < -0.39 is 0 Å². The standard InChI is InChI=1S/C20H27ClN2O2/c1-15-3-5-19(25-15)14-23-9-7-16(8-10-23)12-22(2)13-17-11-18(21)4-6-20(17)24/h3-6,11,16,24H,7-10,12-14H2,1-2H3. The van der Waals surface area contributed by atoms with Crippen LogP contribution in [0.3, 0.4) is 0 Å². The Hall–Kier alpha value is -1.49. The number of piperidine rings is 1. The first kappa shape index (κ1) is 18.3. The van der Waals surface area contributed by atoms with E-state index >= 15 is 0 Å². The summed E-state index contributed by atoms with van der Waals surface area (Å²) in [5.41, 5.74) is 0.889. The summed E-state index contributed by atoms with van der Waals surface area (Å²) in [6.07, 6.45) is 2.40. The molecule has 1 aromatic carbocycles. The Balaban J connectivity index is 1.44. The number of rotatable bonds is 6. The smallest absolute Gasteiger partial charge is 0.120 e. The van der Waals surface area contributed by atoms with Crippen LogP contribution in [0.4, 0.5) is 0 Å². The van der Waals surface area contributed by atoms with Crippen LogP contribution in [0, 0.1) is 12.8 Å². The summed E-state index contributed by atoms with van der Waals surface area (Å²) in [5, 5.41) is 10.6. The van der Waals surface area contributed by atoms with Gasteiger partial charge in [-0.1, -0.05) is 11.6 Å². The van der Waals surface area contributed by atoms with Gasteiger partial charge in [0.25, 0.3) is 0 Å². The summed E-state index contributed by atoms with van der Waals surface area (Å²) < 4.78 is 5.68. The van der Waals surface area contributed by atoms with E-state index in [9.17, 15) is 5.11 Å². The topological polar surface area (TPSA) is 39.9 Å². The molecule has 4 nitrogen and oxygen atoms in total. The zero-order valence-electron chi connectivity index (χ0n) is 15.0. The maximum atomic E-state index is 9.97. The molecule has 1 N–H and O–H groups in total. The van der Waals surface area contributed by atoms with Crippen molar-refractivity contribution in [1.29, 1.82) is 0 Å². The van der Waals surface area contributed by atoms with Crippen LogP contribution in [0.5, 0.6) is 5.75 Å². The lowest BCUT2D eigenvalue weighted by Crippen LogP contribution is -2.37. The number of hydrogen-bond acceptors (Lipinski definition) is 4. The largest absolute Gasteiger partial charge is 0.508 e. The second-order valence-electron chi connectivity index (χ2n) is 7.20. The average Bonchev–Trinajstić information content (AvgIpc) is 2.98. The summed E-state index contributed by atoms with van der Waals surface area (Å²) in [7, 11) is 2.11. The predicted molar refractivity (Wildman–Crippen MR) is 101 cm³/mol. The van der Waals surface area contributed by atoms with Crippen molar-refractivity contribution in [3.8, 4) is 5.75 Å². The van der Waals surface area contributed by atoms with Crippen LogP contribution in [0.2, 0.25) is 5.02 Å². The van der Waals surface area contributed by atoms with Gasteiger partial charge >= 0.3 is 0 Å². The van der Waals surface area contributed by atoms with Gasteiger partial charge in [-0.15, -0.1) is 0 Å². The molecule has 136 valence electrons. The molecular weight excluding hydrogens is 336 g/mol. The molecule has 0 spiro atoms. The van der Waals surface area contributed by atoms with Gasteiger partial charge in [-0.25, -0.2) is 0 Å². The predicted octanol–water partition coefficient (Wildman–Crippen LogP) is 4.29. The molecule has 0 aliphatic carbocycles. The minimum absolute atomic E-state index is 0.319. The highest BCUT2D eigenvalue weighted by atomic mass is 35.5. The van der Waals surface area contributed by atoms with Gasteiger partial charge in [-0.3, -0.25) is 4.90 Å². The Morgan fingerprint density at radius 2 is 2.00 bits per heavy atom. The number of halogens is 1. The molecule has 0 unspecified atom stereocenters. The van der Waals surface area contributed by atoms with Crippen LogP contribution in [0.15, 0.2) is 34.7 Å². The number of phenols is 1. The van der Waals surface area contributed by atoms with E-state index in [1.807, 2.05) is 19.1 Å². The molecular formula is C20H27ClN2O2. The summed E-state index contributed by atoms with van der Waals surface area (Å²) in [5.74, 6) is 3.06. The quantitative estimate of drug-likeness (QED) is 0.832. The Kier molecular flexibility index (Phi) is 6.05. The third-order valence-corrected chi connectivity index (χ3v) is 5.17. The minimum Gasteiger partial charge on any atom is -0.508 e. The van der Waals surface area contributed by atoms with E-state index in [0.717, 1.165) is 49.8 Å². The number of aryl methyl sites for hydroxylation is 1. The second kappa shape index (κ2) is 8.26. The number of furan rings is 1. The molecule has 0 atom stereocenters. The lowest BCUT2D eigenvalue weighted by molar-refractivity contribution is 0.139. The van der Waals surface area contributed by atoms with E-state index in [0.29, 0.717) is 16.7 Å². The van der Waals surface area contributed by atoms with Crippen LogP contribution >= 0.6 is 11.6 Å². The fraction of sp³-hybridized carbons (Fsp3) is 0.500. The number of hydrogen-bond donors (Lipinski definition) is 1. The molecule has 1 saturated heterocycles. The van der Waals surface area contributed by atoms with E-state index in [2.05, 4.69) is 22.9 Å². The Bertz CT molecular complexity index is 693. The molecule has 3 rings (SSSR count). The Morgan fingerprint density at radius 1 is 1.24 bits per heavy atom. The van der Waals surface area contributed by atoms with E-state index in [4.69, 9.17) is 16.0 Å². The first-order valence-electron chi connectivity index (χ1n) is 8.93. The molecule has 0 amide bonds. The van der Waals surface area contributed by atoms with Gasteiger partial charge in [0.15, 0.2) is 0 Å². The van der Waals surface area contributed by atoms with Crippen molar-refractivity contribution in [3.05, 3.63) is 52.4 Å². The lowest BCUT2D eigenvalue weighted by Gasteiger charge is -2.33. The van der Waals surface area contributed by atoms with Crippen molar-refractivity contribution in [2.45, 2.75) is 32.9 Å². The van der Waals surface area contributed by atoms with E-state index in [1.165, 1.54) is 12.8 Å². The minimum atomic E-state index is 0.319. The first-order chi connectivity index (χ1) is 12.0. The van der Waals surface area contributed by atoms with Gasteiger partial charge in [0.1, 0.15) is 17.3 Å². The summed E-state index contributed by atoms with van der Waals surface area (Å²) >= 11 is 6.03. The third-order valence-electron chi connectivity index (χ3n) is 4.93. The fourth-order valence-electron chi connectivity index (χ4n) is 3.59. The average molecular weight is 363 g/mol. The molecule has 0 saturated carbocycles. The summed E-state index contributed by atoms with van der Waals surface area (Å²) in [6, 6.07) is 9.34. The van der Waals surface area contributed by atoms with Crippen LogP contribution in [0.1, 0.15) is 29.9 Å². The van der Waals surface area contributed by atoms with Gasteiger partial charge in [-0.05, 0) is 76.2 Å². The molecule has 1 aliphatic rings. The molecule has 1 aromatic heterocycles. The van der Waals surface area contributed by atoms with E-state index in [-0.39, 0.29) is 0 Å². The molecule has 1 aliphatic heterocycles. The monoisotopic (exact) mass is 362 g/mol. The van der Waals surface area contributed by atoms with Crippen LogP contribution in [-0.4, -0.2) is 41.6 Å². The molecule has 1 fully saturated rings. The third kappa shape index (κ3) is 5.24. The lowest BCUT2D eigenvalue weighted by atomic mass is 9.96. The molecule has 5 heteroatoms. The number of likely N-dealkylation sites (tertiary alicyclic amines) is 1. The highest BCUT2D eigenvalue weighted by Crippen LogP contribution is 2.25. The van der Waals surface area contributed by atoms with Crippen molar-refractivity contribution in [1.82, 2.24) is 9.80 Å². The van der Waals surface area contributed by atoms with Gasteiger partial charge < -0.3 is 14.4 Å². The molecule has 25 heavy (non-hydrogen) atoms. The molecule has 0 bridgehead atoms. The normalized spacial score (nSPS) is 16.6. The zero-order chi connectivity index (χ0) is 17.8. The van der Waals surface area contributed by atoms with Crippen molar-refractivity contribution in [2.24, 2.45) is 5.92 Å². The van der Waals surface area contributed by atoms with Crippen LogP contribution in [0.25, 0.3) is 0 Å². The summed E-state index contributed by atoms with van der Waals surface area (Å²) in [4.78, 5) is 4.75. The zero-order valence-corrected chi connectivity index (χ0v) is 15.8. The van der Waals surface area contributed by atoms with Gasteiger partial charge in [-0.2, -0.15) is 0 Å². The van der Waals surface area contributed by atoms with Crippen molar-refractivity contribution >= 4 is 11.6 Å². The van der Waals surface area contributed by atoms with Crippen molar-refractivity contribution in [3.63, 3.8) is 0 Å². The maximum absolute atomic E-state index is 9.97. The highest BCUT2D eigenvalue weighted by Gasteiger charge is 2.21. The van der Waals surface area contributed by atoms with E-state index in [1.54, 1.807) is 12.1 Å². The number of phenolic OH excluding ortho intramolecular Hbond substituents is 1. The van der Waals surface area contributed by atoms with Crippen LogP contribution in [-0.2, 0) is 13.1 Å². The second-order valence-corrected chi connectivity index (χ2v) is 7.64. The Morgan fingerprint density at radius 3 is 2.68 bits per heavy atom. The SMILES string of the molecule is Cc1ccc(CN2CCC(CN(C)Cc3cc(Cl)ccc3O)CC2)o1. The summed E-state index contributed by atoms with van der Waals surface area (Å²) in [6.45, 7) is 6.88. The first-order valence-corrected chi connectivity index (χ1v) is 9.31. The van der Waals surface area contributed by atoms with Crippen LogP contribution < -0.4 is 0 Å². The molecule has 2 heterocycles. The van der Waals surface area contributed by atoms with Gasteiger partial charge in [0.2, 0.25) is 0 Å². The number of aromatic hydroxyl groups is 1. The highest BCUT2D eigenvalue weighted by molar-refractivity contribution is 6.30. The molecule has 2 aromatic rings. The number of nitrogens with zero attached hydrogens (tertiary/aromatic N) is 2. The molecule has 0 radical (unpaired) electrons. The van der Waals surface area contributed by atoms with Gasteiger partial charge in [0.05, 0.1) is 6.54 Å². The Labute approximate surface area is 155 Å².